The van der Waals surface area contributed by atoms with Crippen molar-refractivity contribution in [2.45, 2.75) is 53.4 Å². The van der Waals surface area contributed by atoms with Crippen molar-refractivity contribution in [3.63, 3.8) is 0 Å². The molecule has 0 spiro atoms. The fraction of sp³-hybridized carbons (Fsp3) is 0.733. The van der Waals surface area contributed by atoms with Crippen molar-refractivity contribution in [1.82, 2.24) is 9.97 Å². The van der Waals surface area contributed by atoms with E-state index < -0.39 is 0 Å². The van der Waals surface area contributed by atoms with Gasteiger partial charge < -0.3 is 10.7 Å². The van der Waals surface area contributed by atoms with Crippen molar-refractivity contribution < 1.29 is 0 Å². The third-order valence-corrected chi connectivity index (χ3v) is 4.30. The van der Waals surface area contributed by atoms with Crippen LogP contribution in [0.5, 0.6) is 0 Å². The Hall–Kier alpha value is -1.36. The molecule has 0 bridgehead atoms. The molecular weight excluding hydrogens is 250 g/mol. The van der Waals surface area contributed by atoms with E-state index in [1.54, 1.807) is 0 Å². The van der Waals surface area contributed by atoms with Gasteiger partial charge >= 0.3 is 0 Å². The average Bonchev–Trinajstić information content (AvgIpc) is 3.20. The Bertz CT molecular complexity index is 474. The smallest absolute Gasteiger partial charge is 0.148 e. The number of rotatable bonds is 5. The zero-order valence-electron chi connectivity index (χ0n) is 13.2. The van der Waals surface area contributed by atoms with E-state index in [2.05, 4.69) is 48.4 Å². The number of hydrogen-bond acceptors (Lipinski definition) is 5. The predicted octanol–water partition coefficient (Wildman–Crippen LogP) is 3.04. The summed E-state index contributed by atoms with van der Waals surface area (Å²) in [6.07, 6.45) is 2.37. The topological polar surface area (TPSA) is 75.9 Å². The number of nitrogens with zero attached hydrogens (tertiary/aromatic N) is 2. The van der Waals surface area contributed by atoms with Gasteiger partial charge in [-0.25, -0.2) is 15.8 Å². The van der Waals surface area contributed by atoms with E-state index >= 15 is 0 Å². The zero-order valence-corrected chi connectivity index (χ0v) is 13.2. The maximum absolute atomic E-state index is 5.57. The van der Waals surface area contributed by atoms with Gasteiger partial charge in [0.2, 0.25) is 0 Å². The molecule has 1 saturated carbocycles. The van der Waals surface area contributed by atoms with Crippen LogP contribution in [0.3, 0.4) is 0 Å². The summed E-state index contributed by atoms with van der Waals surface area (Å²) >= 11 is 0. The van der Waals surface area contributed by atoms with E-state index in [1.165, 1.54) is 12.8 Å². The molecule has 1 atom stereocenters. The molecule has 1 heterocycles. The quantitative estimate of drug-likeness (QED) is 0.569. The van der Waals surface area contributed by atoms with Crippen molar-refractivity contribution in [1.29, 1.82) is 0 Å². The van der Waals surface area contributed by atoms with E-state index in [9.17, 15) is 0 Å². The Kier molecular flexibility index (Phi) is 4.18. The summed E-state index contributed by atoms with van der Waals surface area (Å²) in [4.78, 5) is 9.18. The highest BCUT2D eigenvalue weighted by molar-refractivity contribution is 5.57. The standard InChI is InChI=1S/C15H27N5/c1-9(15(3,4)5)8-17-12-10(2)13(20-16)19-14(18-12)11-6-7-11/h9,11H,6-8,16H2,1-5H3,(H2,17,18,19,20). The Morgan fingerprint density at radius 2 is 1.85 bits per heavy atom. The summed E-state index contributed by atoms with van der Waals surface area (Å²) in [5.41, 5.74) is 3.95. The second kappa shape index (κ2) is 5.56. The van der Waals surface area contributed by atoms with Gasteiger partial charge in [-0.2, -0.15) is 0 Å². The van der Waals surface area contributed by atoms with Gasteiger partial charge in [0.1, 0.15) is 17.5 Å². The predicted molar refractivity (Wildman–Crippen MR) is 83.7 cm³/mol. The molecular formula is C15H27N5. The molecule has 0 aliphatic heterocycles. The van der Waals surface area contributed by atoms with Crippen LogP contribution >= 0.6 is 0 Å². The molecule has 4 N–H and O–H groups in total. The van der Waals surface area contributed by atoms with Crippen LogP contribution in [-0.4, -0.2) is 16.5 Å². The number of anilines is 2. The third kappa shape index (κ3) is 3.39. The Morgan fingerprint density at radius 3 is 2.35 bits per heavy atom. The van der Waals surface area contributed by atoms with E-state index in [0.29, 0.717) is 11.8 Å². The highest BCUT2D eigenvalue weighted by Crippen LogP contribution is 2.39. The first-order valence-corrected chi connectivity index (χ1v) is 7.42. The van der Waals surface area contributed by atoms with Gasteiger partial charge in [0.15, 0.2) is 0 Å². The highest BCUT2D eigenvalue weighted by atomic mass is 15.3. The molecule has 2 rings (SSSR count). The van der Waals surface area contributed by atoms with Gasteiger partial charge in [0.05, 0.1) is 0 Å². The summed E-state index contributed by atoms with van der Waals surface area (Å²) in [7, 11) is 0. The first-order valence-electron chi connectivity index (χ1n) is 7.42. The van der Waals surface area contributed by atoms with Crippen LogP contribution in [0.1, 0.15) is 57.8 Å². The Balaban J connectivity index is 2.15. The lowest BCUT2D eigenvalue weighted by Gasteiger charge is -2.28. The zero-order chi connectivity index (χ0) is 14.9. The molecule has 1 unspecified atom stereocenters. The fourth-order valence-electron chi connectivity index (χ4n) is 1.93. The molecule has 20 heavy (non-hydrogen) atoms. The van der Waals surface area contributed by atoms with Crippen LogP contribution in [0.25, 0.3) is 0 Å². The summed E-state index contributed by atoms with van der Waals surface area (Å²) < 4.78 is 0. The Morgan fingerprint density at radius 1 is 1.25 bits per heavy atom. The largest absolute Gasteiger partial charge is 0.369 e. The molecule has 0 amide bonds. The Labute approximate surface area is 121 Å². The monoisotopic (exact) mass is 277 g/mol. The number of nitrogen functional groups attached to an aromatic ring is 1. The molecule has 1 aliphatic carbocycles. The molecule has 1 fully saturated rings. The average molecular weight is 277 g/mol. The van der Waals surface area contributed by atoms with Crippen LogP contribution < -0.4 is 16.6 Å². The minimum atomic E-state index is 0.280. The first-order chi connectivity index (χ1) is 9.32. The number of nitrogens with one attached hydrogen (secondary N) is 2. The minimum absolute atomic E-state index is 0.280. The lowest BCUT2D eigenvalue weighted by atomic mass is 9.82. The third-order valence-electron chi connectivity index (χ3n) is 4.30. The SMILES string of the molecule is Cc1c(NN)nc(C2CC2)nc1NCC(C)C(C)(C)C. The van der Waals surface area contributed by atoms with Gasteiger partial charge in [-0.1, -0.05) is 27.7 Å². The van der Waals surface area contributed by atoms with Gasteiger partial charge in [-0.3, -0.25) is 0 Å². The van der Waals surface area contributed by atoms with Gasteiger partial charge in [0.25, 0.3) is 0 Å². The summed E-state index contributed by atoms with van der Waals surface area (Å²) in [6, 6.07) is 0. The van der Waals surface area contributed by atoms with E-state index in [1.807, 2.05) is 6.92 Å². The lowest BCUT2D eigenvalue weighted by molar-refractivity contribution is 0.274. The van der Waals surface area contributed by atoms with Crippen molar-refractivity contribution in [3.05, 3.63) is 11.4 Å². The molecule has 112 valence electrons. The first kappa shape index (κ1) is 15.0. The number of hydrogen-bond donors (Lipinski definition) is 3. The number of aromatic nitrogens is 2. The lowest BCUT2D eigenvalue weighted by Crippen LogP contribution is -2.25. The van der Waals surface area contributed by atoms with Crippen LogP contribution in [0.2, 0.25) is 0 Å². The van der Waals surface area contributed by atoms with Crippen LogP contribution in [-0.2, 0) is 0 Å². The molecule has 1 aromatic rings. The molecule has 1 aromatic heterocycles. The van der Waals surface area contributed by atoms with E-state index in [0.717, 1.165) is 29.6 Å². The highest BCUT2D eigenvalue weighted by Gasteiger charge is 2.28. The van der Waals surface area contributed by atoms with Crippen molar-refractivity contribution in [3.8, 4) is 0 Å². The summed E-state index contributed by atoms with van der Waals surface area (Å²) in [5.74, 6) is 9.18. The van der Waals surface area contributed by atoms with Crippen LogP contribution in [0, 0.1) is 18.3 Å². The molecule has 0 aromatic carbocycles. The van der Waals surface area contributed by atoms with Crippen LogP contribution in [0.4, 0.5) is 11.6 Å². The molecule has 0 saturated heterocycles. The van der Waals surface area contributed by atoms with Crippen molar-refractivity contribution in [2.75, 3.05) is 17.3 Å². The second-order valence-electron chi connectivity index (χ2n) is 6.97. The second-order valence-corrected chi connectivity index (χ2v) is 6.97. The number of hydrazine groups is 1. The van der Waals surface area contributed by atoms with Gasteiger partial charge in [0, 0.05) is 18.0 Å². The maximum Gasteiger partial charge on any atom is 0.148 e. The number of nitrogens with two attached hydrogens (primary N) is 1. The van der Waals surface area contributed by atoms with Crippen molar-refractivity contribution in [2.24, 2.45) is 17.2 Å². The summed E-state index contributed by atoms with van der Waals surface area (Å²) in [5, 5.41) is 3.47. The van der Waals surface area contributed by atoms with Gasteiger partial charge in [-0.05, 0) is 31.1 Å². The summed E-state index contributed by atoms with van der Waals surface area (Å²) in [6.45, 7) is 11.9. The maximum atomic E-state index is 5.57. The van der Waals surface area contributed by atoms with Crippen molar-refractivity contribution >= 4 is 11.6 Å². The molecule has 5 nitrogen and oxygen atoms in total. The fourth-order valence-corrected chi connectivity index (χ4v) is 1.93. The molecule has 5 heteroatoms. The molecule has 0 radical (unpaired) electrons. The molecule has 1 aliphatic rings. The van der Waals surface area contributed by atoms with Crippen LogP contribution in [0.15, 0.2) is 0 Å². The normalized spacial score (nSPS) is 16.9. The minimum Gasteiger partial charge on any atom is -0.369 e. The van der Waals surface area contributed by atoms with E-state index in [-0.39, 0.29) is 5.41 Å². The van der Waals surface area contributed by atoms with E-state index in [4.69, 9.17) is 5.84 Å². The van der Waals surface area contributed by atoms with Gasteiger partial charge in [-0.15, -0.1) is 0 Å².